The summed E-state index contributed by atoms with van der Waals surface area (Å²) in [4.78, 5) is 0. The first kappa shape index (κ1) is 15.3. The fourth-order valence-electron chi connectivity index (χ4n) is 1.97. The molecule has 2 atom stereocenters. The van der Waals surface area contributed by atoms with Crippen LogP contribution in [-0.2, 0) is 0 Å². The predicted molar refractivity (Wildman–Crippen MR) is 75.5 cm³/mol. The van der Waals surface area contributed by atoms with Crippen molar-refractivity contribution in [2.75, 3.05) is 13.2 Å². The van der Waals surface area contributed by atoms with E-state index in [9.17, 15) is 5.11 Å². The van der Waals surface area contributed by atoms with Gasteiger partial charge in [-0.3, -0.25) is 0 Å². The van der Waals surface area contributed by atoms with Gasteiger partial charge in [0.2, 0.25) is 0 Å². The summed E-state index contributed by atoms with van der Waals surface area (Å²) in [5, 5.41) is 10.4. The zero-order chi connectivity index (χ0) is 13.7. The number of hydrogen-bond donors (Lipinski definition) is 2. The molecule has 1 aromatic carbocycles. The molecular weight excluding hydrogens is 250 g/mol. The van der Waals surface area contributed by atoms with Crippen molar-refractivity contribution in [3.8, 4) is 5.75 Å². The largest absolute Gasteiger partial charge is 0.494 e. The summed E-state index contributed by atoms with van der Waals surface area (Å²) < 4.78 is 5.64. The molecule has 3 nitrogen and oxygen atoms in total. The van der Waals surface area contributed by atoms with Crippen LogP contribution in [0.5, 0.6) is 5.75 Å². The predicted octanol–water partition coefficient (Wildman–Crippen LogP) is 2.86. The lowest BCUT2D eigenvalue weighted by atomic mass is 9.93. The van der Waals surface area contributed by atoms with Crippen LogP contribution in [0.3, 0.4) is 0 Å². The third-order valence-corrected chi connectivity index (χ3v) is 3.43. The molecule has 0 heterocycles. The van der Waals surface area contributed by atoms with E-state index in [4.69, 9.17) is 22.1 Å². The molecule has 0 spiro atoms. The van der Waals surface area contributed by atoms with Crippen LogP contribution in [0.15, 0.2) is 12.1 Å². The van der Waals surface area contributed by atoms with Crippen molar-refractivity contribution >= 4 is 11.6 Å². The highest BCUT2D eigenvalue weighted by atomic mass is 35.5. The Morgan fingerprint density at radius 1 is 1.44 bits per heavy atom. The Morgan fingerprint density at radius 2 is 2.11 bits per heavy atom. The van der Waals surface area contributed by atoms with Crippen molar-refractivity contribution in [3.63, 3.8) is 0 Å². The maximum atomic E-state index is 9.64. The second kappa shape index (κ2) is 6.98. The van der Waals surface area contributed by atoms with Crippen LogP contribution in [0, 0.1) is 6.92 Å². The number of nitrogens with two attached hydrogens (primary N) is 1. The number of benzene rings is 1. The molecule has 0 aromatic heterocycles. The Labute approximate surface area is 114 Å². The molecule has 0 radical (unpaired) electrons. The molecule has 0 amide bonds. The maximum absolute atomic E-state index is 9.64. The van der Waals surface area contributed by atoms with E-state index in [1.165, 1.54) is 0 Å². The first-order valence-corrected chi connectivity index (χ1v) is 6.68. The van der Waals surface area contributed by atoms with Gasteiger partial charge >= 0.3 is 0 Å². The zero-order valence-electron chi connectivity index (χ0n) is 11.2. The summed E-state index contributed by atoms with van der Waals surface area (Å²) in [6.07, 6.45) is 0.116. The monoisotopic (exact) mass is 271 g/mol. The summed E-state index contributed by atoms with van der Waals surface area (Å²) in [6, 6.07) is 3.88. The second-order valence-electron chi connectivity index (χ2n) is 4.60. The number of aliphatic hydroxyl groups is 1. The summed E-state index contributed by atoms with van der Waals surface area (Å²) in [5.41, 5.74) is 7.47. The van der Waals surface area contributed by atoms with E-state index in [1.807, 2.05) is 32.9 Å². The quantitative estimate of drug-likeness (QED) is 0.836. The zero-order valence-corrected chi connectivity index (χ0v) is 12.0. The van der Waals surface area contributed by atoms with Gasteiger partial charge < -0.3 is 15.6 Å². The normalized spacial score (nSPS) is 14.3. The van der Waals surface area contributed by atoms with Crippen LogP contribution in [0.1, 0.15) is 37.3 Å². The minimum absolute atomic E-state index is 0.156. The molecule has 1 aromatic rings. The minimum Gasteiger partial charge on any atom is -0.494 e. The molecule has 0 aliphatic heterocycles. The smallest absolute Gasteiger partial charge is 0.123 e. The molecule has 102 valence electrons. The number of ether oxygens (including phenoxy) is 1. The van der Waals surface area contributed by atoms with Crippen molar-refractivity contribution in [3.05, 3.63) is 28.3 Å². The summed E-state index contributed by atoms with van der Waals surface area (Å²) in [6.45, 7) is 6.83. The molecule has 1 rings (SSSR count). The molecule has 0 saturated heterocycles. The van der Waals surface area contributed by atoms with E-state index >= 15 is 0 Å². The molecule has 0 bridgehead atoms. The molecule has 2 unspecified atom stereocenters. The summed E-state index contributed by atoms with van der Waals surface area (Å²) in [5.74, 6) is 0.999. The third kappa shape index (κ3) is 3.87. The van der Waals surface area contributed by atoms with Crippen LogP contribution in [-0.4, -0.2) is 24.4 Å². The lowest BCUT2D eigenvalue weighted by Crippen LogP contribution is -2.21. The lowest BCUT2D eigenvalue weighted by Gasteiger charge is -2.20. The van der Waals surface area contributed by atoms with Crippen LogP contribution in [0.4, 0.5) is 0 Å². The number of aryl methyl sites for hydroxylation is 1. The Hall–Kier alpha value is -0.770. The second-order valence-corrected chi connectivity index (χ2v) is 5.01. The number of hydrogen-bond acceptors (Lipinski definition) is 3. The topological polar surface area (TPSA) is 55.5 Å². The van der Waals surface area contributed by atoms with E-state index in [0.29, 0.717) is 13.0 Å². The van der Waals surface area contributed by atoms with Crippen molar-refractivity contribution in [1.29, 1.82) is 0 Å². The molecular formula is C14H22ClNO2. The van der Waals surface area contributed by atoms with Crippen LogP contribution < -0.4 is 10.5 Å². The average molecular weight is 272 g/mol. The molecule has 4 heteroatoms. The summed E-state index contributed by atoms with van der Waals surface area (Å²) >= 11 is 6.16. The van der Waals surface area contributed by atoms with Crippen LogP contribution in [0.2, 0.25) is 5.02 Å². The van der Waals surface area contributed by atoms with Gasteiger partial charge in [-0.05, 0) is 49.4 Å². The highest BCUT2D eigenvalue weighted by Gasteiger charge is 2.17. The van der Waals surface area contributed by atoms with Gasteiger partial charge in [0.15, 0.2) is 0 Å². The highest BCUT2D eigenvalue weighted by Crippen LogP contribution is 2.34. The van der Waals surface area contributed by atoms with Crippen molar-refractivity contribution in [1.82, 2.24) is 0 Å². The van der Waals surface area contributed by atoms with Gasteiger partial charge in [-0.15, -0.1) is 0 Å². The Morgan fingerprint density at radius 3 is 2.67 bits per heavy atom. The van der Waals surface area contributed by atoms with E-state index in [1.54, 1.807) is 0 Å². The van der Waals surface area contributed by atoms with E-state index < -0.39 is 6.10 Å². The SMILES string of the molecule is CCOc1cc(C)c(Cl)cc1C(C)CC(O)CN. The molecule has 0 fully saturated rings. The fourth-order valence-corrected chi connectivity index (χ4v) is 2.14. The van der Waals surface area contributed by atoms with Crippen molar-refractivity contribution in [2.45, 2.75) is 39.2 Å². The maximum Gasteiger partial charge on any atom is 0.123 e. The average Bonchev–Trinajstić information content (AvgIpc) is 2.33. The standard InChI is InChI=1S/C14H22ClNO2/c1-4-18-14-6-10(3)13(15)7-12(14)9(2)5-11(17)8-16/h6-7,9,11,17H,4-5,8,16H2,1-3H3. The molecule has 0 saturated carbocycles. The molecule has 3 N–H and O–H groups in total. The van der Waals surface area contributed by atoms with Gasteiger partial charge in [-0.2, -0.15) is 0 Å². The van der Waals surface area contributed by atoms with Crippen molar-refractivity contribution in [2.24, 2.45) is 5.73 Å². The number of aliphatic hydroxyl groups excluding tert-OH is 1. The van der Waals surface area contributed by atoms with Gasteiger partial charge in [0.05, 0.1) is 12.7 Å². The molecule has 18 heavy (non-hydrogen) atoms. The van der Waals surface area contributed by atoms with E-state index in [2.05, 4.69) is 0 Å². The van der Waals surface area contributed by atoms with Crippen LogP contribution >= 0.6 is 11.6 Å². The Balaban J connectivity index is 3.01. The van der Waals surface area contributed by atoms with Gasteiger partial charge in [0, 0.05) is 11.6 Å². The van der Waals surface area contributed by atoms with Crippen molar-refractivity contribution < 1.29 is 9.84 Å². The third-order valence-electron chi connectivity index (χ3n) is 3.02. The van der Waals surface area contributed by atoms with E-state index in [0.717, 1.165) is 21.9 Å². The first-order chi connectivity index (χ1) is 8.49. The first-order valence-electron chi connectivity index (χ1n) is 6.30. The van der Waals surface area contributed by atoms with Crippen LogP contribution in [0.25, 0.3) is 0 Å². The van der Waals surface area contributed by atoms with Gasteiger partial charge in [0.25, 0.3) is 0 Å². The molecule has 0 aliphatic carbocycles. The minimum atomic E-state index is -0.491. The Bertz CT molecular complexity index is 396. The lowest BCUT2D eigenvalue weighted by molar-refractivity contribution is 0.164. The Kier molecular flexibility index (Phi) is 5.93. The van der Waals surface area contributed by atoms with E-state index in [-0.39, 0.29) is 12.5 Å². The molecule has 0 aliphatic rings. The van der Waals surface area contributed by atoms with Gasteiger partial charge in [0.1, 0.15) is 5.75 Å². The van der Waals surface area contributed by atoms with Gasteiger partial charge in [-0.25, -0.2) is 0 Å². The number of halogens is 1. The van der Waals surface area contributed by atoms with Gasteiger partial charge in [-0.1, -0.05) is 18.5 Å². The summed E-state index contributed by atoms with van der Waals surface area (Å²) in [7, 11) is 0. The highest BCUT2D eigenvalue weighted by molar-refractivity contribution is 6.31. The number of rotatable bonds is 6. The fraction of sp³-hybridized carbons (Fsp3) is 0.571.